The van der Waals surface area contributed by atoms with E-state index in [1.54, 1.807) is 12.4 Å². The van der Waals surface area contributed by atoms with Gasteiger partial charge in [-0.2, -0.15) is 0 Å². The highest BCUT2D eigenvalue weighted by Gasteiger charge is 2.15. The van der Waals surface area contributed by atoms with E-state index in [1.165, 1.54) is 5.56 Å². The van der Waals surface area contributed by atoms with E-state index in [-0.39, 0.29) is 12.5 Å². The van der Waals surface area contributed by atoms with Crippen LogP contribution in [0.15, 0.2) is 73.1 Å². The van der Waals surface area contributed by atoms with Crippen LogP contribution in [0.5, 0.6) is 0 Å². The number of para-hydroxylation sites is 2. The molecule has 0 unspecified atom stereocenters. The monoisotopic (exact) mass is 356 g/mol. The first-order chi connectivity index (χ1) is 13.2. The van der Waals surface area contributed by atoms with Crippen molar-refractivity contribution in [3.63, 3.8) is 0 Å². The first-order valence-electron chi connectivity index (χ1n) is 8.88. The van der Waals surface area contributed by atoms with Crippen LogP contribution in [0.4, 0.5) is 0 Å². The van der Waals surface area contributed by atoms with Crippen LogP contribution in [-0.2, 0) is 17.9 Å². The molecular weight excluding hydrogens is 336 g/mol. The molecule has 0 radical (unpaired) electrons. The summed E-state index contributed by atoms with van der Waals surface area (Å²) in [5.41, 5.74) is 5.04. The van der Waals surface area contributed by atoms with Crippen molar-refractivity contribution in [3.05, 3.63) is 84.2 Å². The number of amides is 1. The van der Waals surface area contributed by atoms with Crippen molar-refractivity contribution in [2.24, 2.45) is 0 Å². The molecule has 2 aromatic carbocycles. The van der Waals surface area contributed by atoms with E-state index in [0.29, 0.717) is 6.54 Å². The fraction of sp³-hybridized carbons (Fsp3) is 0.136. The van der Waals surface area contributed by atoms with E-state index in [4.69, 9.17) is 4.98 Å². The maximum atomic E-state index is 12.6. The SMILES string of the molecule is Cc1ccc(CNC(=O)Cn2c(-c3ccncc3)nc3ccccc32)cc1. The summed E-state index contributed by atoms with van der Waals surface area (Å²) in [5, 5.41) is 3.00. The lowest BCUT2D eigenvalue weighted by Gasteiger charge is -2.10. The maximum absolute atomic E-state index is 12.6. The van der Waals surface area contributed by atoms with E-state index < -0.39 is 0 Å². The van der Waals surface area contributed by atoms with Crippen LogP contribution in [-0.4, -0.2) is 20.4 Å². The molecule has 0 aliphatic rings. The number of imidazole rings is 1. The molecule has 0 fully saturated rings. The highest BCUT2D eigenvalue weighted by atomic mass is 16.1. The molecule has 4 rings (SSSR count). The Balaban J connectivity index is 1.59. The second kappa shape index (κ2) is 7.41. The van der Waals surface area contributed by atoms with E-state index in [1.807, 2.05) is 72.2 Å². The topological polar surface area (TPSA) is 59.8 Å². The average Bonchev–Trinajstić information content (AvgIpc) is 3.07. The van der Waals surface area contributed by atoms with E-state index in [9.17, 15) is 4.79 Å². The van der Waals surface area contributed by atoms with Crippen molar-refractivity contribution in [1.82, 2.24) is 19.9 Å². The van der Waals surface area contributed by atoms with Crippen LogP contribution >= 0.6 is 0 Å². The zero-order chi connectivity index (χ0) is 18.6. The van der Waals surface area contributed by atoms with Crippen molar-refractivity contribution in [2.75, 3.05) is 0 Å². The van der Waals surface area contributed by atoms with Gasteiger partial charge in [-0.3, -0.25) is 9.78 Å². The molecule has 2 heterocycles. The summed E-state index contributed by atoms with van der Waals surface area (Å²) in [6, 6.07) is 19.8. The Morgan fingerprint density at radius 2 is 1.74 bits per heavy atom. The summed E-state index contributed by atoms with van der Waals surface area (Å²) in [5.74, 6) is 0.720. The molecule has 0 atom stereocenters. The van der Waals surface area contributed by atoms with Gasteiger partial charge in [0.1, 0.15) is 12.4 Å². The Bertz CT molecular complexity index is 1070. The number of benzene rings is 2. The van der Waals surface area contributed by atoms with Crippen LogP contribution < -0.4 is 5.32 Å². The number of aromatic nitrogens is 3. The number of fused-ring (bicyclic) bond motifs is 1. The normalized spacial score (nSPS) is 10.9. The predicted octanol–water partition coefficient (Wildman–Crippen LogP) is 3.72. The molecule has 0 spiro atoms. The van der Waals surface area contributed by atoms with Crippen LogP contribution in [0.2, 0.25) is 0 Å². The van der Waals surface area contributed by atoms with Crippen molar-refractivity contribution in [1.29, 1.82) is 0 Å². The largest absolute Gasteiger partial charge is 0.350 e. The quantitative estimate of drug-likeness (QED) is 0.593. The molecule has 1 N–H and O–H groups in total. The van der Waals surface area contributed by atoms with E-state index in [2.05, 4.69) is 10.3 Å². The van der Waals surface area contributed by atoms with Gasteiger partial charge >= 0.3 is 0 Å². The summed E-state index contributed by atoms with van der Waals surface area (Å²) in [7, 11) is 0. The summed E-state index contributed by atoms with van der Waals surface area (Å²) in [6.45, 7) is 2.77. The molecule has 0 saturated heterocycles. The Kier molecular flexibility index (Phi) is 4.66. The highest BCUT2D eigenvalue weighted by Crippen LogP contribution is 2.24. The fourth-order valence-corrected chi connectivity index (χ4v) is 3.06. The first kappa shape index (κ1) is 17.0. The highest BCUT2D eigenvalue weighted by molar-refractivity contribution is 5.84. The minimum absolute atomic E-state index is 0.0472. The second-order valence-corrected chi connectivity index (χ2v) is 6.51. The molecule has 0 aliphatic carbocycles. The van der Waals surface area contributed by atoms with Crippen LogP contribution in [0.1, 0.15) is 11.1 Å². The molecule has 4 aromatic rings. The molecule has 27 heavy (non-hydrogen) atoms. The van der Waals surface area contributed by atoms with Crippen molar-refractivity contribution in [3.8, 4) is 11.4 Å². The Morgan fingerprint density at radius 3 is 2.52 bits per heavy atom. The lowest BCUT2D eigenvalue weighted by atomic mass is 10.1. The fourth-order valence-electron chi connectivity index (χ4n) is 3.06. The van der Waals surface area contributed by atoms with Gasteiger partial charge in [-0.15, -0.1) is 0 Å². The molecule has 1 amide bonds. The molecule has 0 aliphatic heterocycles. The standard InChI is InChI=1S/C22H20N4O/c1-16-6-8-17(9-7-16)14-24-21(27)15-26-20-5-3-2-4-19(20)25-22(26)18-10-12-23-13-11-18/h2-13H,14-15H2,1H3,(H,24,27). The summed E-state index contributed by atoms with van der Waals surface area (Å²) >= 11 is 0. The molecule has 5 heteroatoms. The molecule has 134 valence electrons. The zero-order valence-corrected chi connectivity index (χ0v) is 15.1. The smallest absolute Gasteiger partial charge is 0.240 e. The average molecular weight is 356 g/mol. The van der Waals surface area contributed by atoms with Gasteiger partial charge in [0.25, 0.3) is 0 Å². The van der Waals surface area contributed by atoms with Gasteiger partial charge in [0.2, 0.25) is 5.91 Å². The minimum atomic E-state index is -0.0472. The van der Waals surface area contributed by atoms with Gasteiger partial charge in [-0.05, 0) is 36.8 Å². The van der Waals surface area contributed by atoms with Gasteiger partial charge in [-0.25, -0.2) is 4.98 Å². The number of aryl methyl sites for hydroxylation is 1. The van der Waals surface area contributed by atoms with E-state index >= 15 is 0 Å². The number of pyridine rings is 1. The van der Waals surface area contributed by atoms with E-state index in [0.717, 1.165) is 28.0 Å². The summed E-state index contributed by atoms with van der Waals surface area (Å²) < 4.78 is 1.95. The number of nitrogens with zero attached hydrogens (tertiary/aromatic N) is 3. The van der Waals surface area contributed by atoms with Gasteiger partial charge in [0.15, 0.2) is 0 Å². The van der Waals surface area contributed by atoms with Gasteiger partial charge in [0.05, 0.1) is 11.0 Å². The molecule has 0 bridgehead atoms. The van der Waals surface area contributed by atoms with Gasteiger partial charge in [-0.1, -0.05) is 42.0 Å². The predicted molar refractivity (Wildman–Crippen MR) is 106 cm³/mol. The zero-order valence-electron chi connectivity index (χ0n) is 15.1. The Hall–Kier alpha value is -3.47. The van der Waals surface area contributed by atoms with Crippen molar-refractivity contribution < 1.29 is 4.79 Å². The van der Waals surface area contributed by atoms with Crippen LogP contribution in [0.3, 0.4) is 0 Å². The number of nitrogens with one attached hydrogen (secondary N) is 1. The Labute approximate surface area is 157 Å². The minimum Gasteiger partial charge on any atom is -0.350 e. The van der Waals surface area contributed by atoms with Crippen molar-refractivity contribution in [2.45, 2.75) is 20.0 Å². The van der Waals surface area contributed by atoms with Gasteiger partial charge in [0, 0.05) is 24.5 Å². The van der Waals surface area contributed by atoms with Crippen LogP contribution in [0, 0.1) is 6.92 Å². The summed E-state index contributed by atoms with van der Waals surface area (Å²) in [4.78, 5) is 21.4. The number of carbonyl (C=O) groups excluding carboxylic acids is 1. The number of hydrogen-bond acceptors (Lipinski definition) is 3. The second-order valence-electron chi connectivity index (χ2n) is 6.51. The third-order valence-corrected chi connectivity index (χ3v) is 4.51. The molecule has 5 nitrogen and oxygen atoms in total. The molecule has 0 saturated carbocycles. The number of rotatable bonds is 5. The van der Waals surface area contributed by atoms with Gasteiger partial charge < -0.3 is 9.88 Å². The van der Waals surface area contributed by atoms with Crippen molar-refractivity contribution >= 4 is 16.9 Å². The lowest BCUT2D eigenvalue weighted by molar-refractivity contribution is -0.121. The maximum Gasteiger partial charge on any atom is 0.240 e. The number of carbonyl (C=O) groups is 1. The Morgan fingerprint density at radius 1 is 1.00 bits per heavy atom. The molecule has 2 aromatic heterocycles. The molecular formula is C22H20N4O. The first-order valence-corrected chi connectivity index (χ1v) is 8.88. The lowest BCUT2D eigenvalue weighted by Crippen LogP contribution is -2.27. The third kappa shape index (κ3) is 3.72. The number of hydrogen-bond donors (Lipinski definition) is 1. The third-order valence-electron chi connectivity index (χ3n) is 4.51. The summed E-state index contributed by atoms with van der Waals surface area (Å²) in [6.07, 6.45) is 3.47. The van der Waals surface area contributed by atoms with Crippen LogP contribution in [0.25, 0.3) is 22.4 Å².